The van der Waals surface area contributed by atoms with E-state index >= 15 is 0 Å². The maximum Gasteiger partial charge on any atom is 0.275 e. The molecule has 0 saturated heterocycles. The summed E-state index contributed by atoms with van der Waals surface area (Å²) in [5.41, 5.74) is 2.14. The summed E-state index contributed by atoms with van der Waals surface area (Å²) in [5.74, 6) is 0.567. The minimum absolute atomic E-state index is 0.114. The van der Waals surface area contributed by atoms with Gasteiger partial charge in [0.2, 0.25) is 0 Å². The van der Waals surface area contributed by atoms with Crippen LogP contribution in [-0.2, 0) is 14.8 Å². The summed E-state index contributed by atoms with van der Waals surface area (Å²) in [5, 5.41) is 1.63. The molecule has 0 unspecified atom stereocenters. The fourth-order valence-electron chi connectivity index (χ4n) is 1.72. The molecule has 1 heterocycles. The van der Waals surface area contributed by atoms with Crippen molar-refractivity contribution in [2.24, 2.45) is 0 Å². The van der Waals surface area contributed by atoms with Crippen molar-refractivity contribution < 1.29 is 22.7 Å². The number of hydrogen-bond acceptors (Lipinski definition) is 6. The van der Waals surface area contributed by atoms with E-state index in [2.05, 4.69) is 5.43 Å². The van der Waals surface area contributed by atoms with E-state index in [1.165, 1.54) is 13.0 Å². The first-order valence-corrected chi connectivity index (χ1v) is 9.53. The molecular weight excluding hydrogens is 352 g/mol. The predicted octanol–water partition coefficient (Wildman–Crippen LogP) is 1.92. The Hall–Kier alpha value is -2.10. The topological polar surface area (TPSA) is 93.7 Å². The van der Waals surface area contributed by atoms with Gasteiger partial charge in [-0.1, -0.05) is 6.07 Å². The SMILES string of the molecule is CCOc1ccc(O[C@@H](C)C(=O)NNS(=O)(=O)c2cccs2)cc1. The number of hydrogen-bond donors (Lipinski definition) is 2. The van der Waals surface area contributed by atoms with Crippen LogP contribution in [0.15, 0.2) is 46.0 Å². The number of carbonyl (C=O) groups is 1. The van der Waals surface area contributed by atoms with Crippen molar-refractivity contribution in [1.29, 1.82) is 0 Å². The van der Waals surface area contributed by atoms with E-state index in [0.717, 1.165) is 11.3 Å². The number of benzene rings is 1. The summed E-state index contributed by atoms with van der Waals surface area (Å²) in [6.07, 6.45) is -0.881. The van der Waals surface area contributed by atoms with Crippen LogP contribution in [0.25, 0.3) is 0 Å². The molecule has 1 amide bonds. The number of rotatable bonds is 8. The van der Waals surface area contributed by atoms with Crippen LogP contribution in [0.2, 0.25) is 0 Å². The van der Waals surface area contributed by atoms with Crippen LogP contribution in [0.1, 0.15) is 13.8 Å². The zero-order valence-corrected chi connectivity index (χ0v) is 14.8. The second-order valence-corrected chi connectivity index (χ2v) is 7.55. The molecule has 0 bridgehead atoms. The Morgan fingerprint density at radius 2 is 1.88 bits per heavy atom. The van der Waals surface area contributed by atoms with E-state index in [4.69, 9.17) is 9.47 Å². The quantitative estimate of drug-likeness (QED) is 0.693. The van der Waals surface area contributed by atoms with Gasteiger partial charge >= 0.3 is 0 Å². The van der Waals surface area contributed by atoms with E-state index in [1.54, 1.807) is 35.7 Å². The van der Waals surface area contributed by atoms with E-state index in [-0.39, 0.29) is 4.21 Å². The third kappa shape index (κ3) is 4.95. The van der Waals surface area contributed by atoms with Crippen LogP contribution < -0.4 is 19.7 Å². The average molecular weight is 370 g/mol. The van der Waals surface area contributed by atoms with Crippen molar-refractivity contribution in [3.63, 3.8) is 0 Å². The van der Waals surface area contributed by atoms with Gasteiger partial charge in [-0.3, -0.25) is 10.2 Å². The lowest BCUT2D eigenvalue weighted by Crippen LogP contribution is -2.46. The fraction of sp³-hybridized carbons (Fsp3) is 0.267. The first-order valence-electron chi connectivity index (χ1n) is 7.17. The first kappa shape index (κ1) is 18.2. The van der Waals surface area contributed by atoms with Gasteiger partial charge in [0.05, 0.1) is 6.61 Å². The van der Waals surface area contributed by atoms with E-state index in [0.29, 0.717) is 18.1 Å². The molecule has 1 atom stereocenters. The van der Waals surface area contributed by atoms with Crippen LogP contribution in [0.3, 0.4) is 0 Å². The Bertz CT molecular complexity index is 758. The molecule has 9 heteroatoms. The Labute approximate surface area is 144 Å². The van der Waals surface area contributed by atoms with Gasteiger partial charge in [-0.05, 0) is 49.6 Å². The third-order valence-electron chi connectivity index (χ3n) is 2.89. The van der Waals surface area contributed by atoms with Crippen molar-refractivity contribution in [1.82, 2.24) is 10.3 Å². The van der Waals surface area contributed by atoms with Gasteiger partial charge in [-0.15, -0.1) is 16.2 Å². The van der Waals surface area contributed by atoms with Crippen molar-refractivity contribution >= 4 is 27.3 Å². The molecule has 1 aromatic heterocycles. The molecule has 2 rings (SSSR count). The summed E-state index contributed by atoms with van der Waals surface area (Å²) >= 11 is 1.05. The van der Waals surface area contributed by atoms with Gasteiger partial charge in [-0.25, -0.2) is 8.42 Å². The number of thiophene rings is 1. The molecule has 130 valence electrons. The summed E-state index contributed by atoms with van der Waals surface area (Å²) < 4.78 is 34.7. The molecule has 2 aromatic rings. The van der Waals surface area contributed by atoms with Crippen molar-refractivity contribution in [3.05, 3.63) is 41.8 Å². The maximum absolute atomic E-state index is 11.9. The summed E-state index contributed by atoms with van der Waals surface area (Å²) in [7, 11) is -3.77. The molecule has 0 aliphatic rings. The van der Waals surface area contributed by atoms with Crippen LogP contribution in [0.5, 0.6) is 11.5 Å². The molecule has 0 saturated carbocycles. The molecule has 2 N–H and O–H groups in total. The van der Waals surface area contributed by atoms with Gasteiger partial charge < -0.3 is 9.47 Å². The number of amides is 1. The molecule has 0 fully saturated rings. The highest BCUT2D eigenvalue weighted by molar-refractivity contribution is 7.91. The van der Waals surface area contributed by atoms with Crippen LogP contribution in [0, 0.1) is 0 Å². The number of ether oxygens (including phenoxy) is 2. The van der Waals surface area contributed by atoms with Crippen molar-refractivity contribution in [2.75, 3.05) is 6.61 Å². The third-order valence-corrected chi connectivity index (χ3v) is 5.53. The lowest BCUT2D eigenvalue weighted by atomic mass is 10.3. The van der Waals surface area contributed by atoms with Gasteiger partial charge in [-0.2, -0.15) is 0 Å². The normalized spacial score (nSPS) is 12.4. The van der Waals surface area contributed by atoms with E-state index in [9.17, 15) is 13.2 Å². The first-order chi connectivity index (χ1) is 11.4. The number of sulfonamides is 1. The van der Waals surface area contributed by atoms with Crippen molar-refractivity contribution in [3.8, 4) is 11.5 Å². The lowest BCUT2D eigenvalue weighted by Gasteiger charge is -2.15. The summed E-state index contributed by atoms with van der Waals surface area (Å²) in [6, 6.07) is 9.85. The maximum atomic E-state index is 11.9. The summed E-state index contributed by atoms with van der Waals surface area (Å²) in [4.78, 5) is 14.0. The Morgan fingerprint density at radius 1 is 1.21 bits per heavy atom. The summed E-state index contributed by atoms with van der Waals surface area (Å²) in [6.45, 7) is 3.96. The van der Waals surface area contributed by atoms with Gasteiger partial charge in [0, 0.05) is 0 Å². The molecule has 0 aliphatic carbocycles. The van der Waals surface area contributed by atoms with E-state index < -0.39 is 22.0 Å². The van der Waals surface area contributed by atoms with E-state index in [1.807, 2.05) is 11.8 Å². The largest absolute Gasteiger partial charge is 0.494 e. The molecule has 0 radical (unpaired) electrons. The Balaban J connectivity index is 1.88. The Kier molecular flexibility index (Phi) is 6.18. The average Bonchev–Trinajstić information content (AvgIpc) is 3.10. The molecule has 7 nitrogen and oxygen atoms in total. The van der Waals surface area contributed by atoms with Gasteiger partial charge in [0.15, 0.2) is 6.10 Å². The predicted molar refractivity (Wildman–Crippen MR) is 90.5 cm³/mol. The number of carbonyl (C=O) groups excluding carboxylic acids is 1. The molecule has 0 spiro atoms. The van der Waals surface area contributed by atoms with Crippen LogP contribution in [0.4, 0.5) is 0 Å². The van der Waals surface area contributed by atoms with Crippen molar-refractivity contribution in [2.45, 2.75) is 24.2 Å². The molecule has 1 aromatic carbocycles. The zero-order chi connectivity index (χ0) is 17.6. The fourth-order valence-corrected chi connectivity index (χ4v) is 3.56. The highest BCUT2D eigenvalue weighted by Crippen LogP contribution is 2.18. The lowest BCUT2D eigenvalue weighted by molar-refractivity contribution is -0.127. The Morgan fingerprint density at radius 3 is 2.46 bits per heavy atom. The number of hydrazine groups is 1. The monoisotopic (exact) mass is 370 g/mol. The smallest absolute Gasteiger partial charge is 0.275 e. The second kappa shape index (κ2) is 8.13. The molecular formula is C15H18N2O5S2. The minimum atomic E-state index is -3.77. The molecule has 0 aliphatic heterocycles. The standard InChI is InChI=1S/C15H18N2O5S2/c1-3-21-12-6-8-13(9-7-12)22-11(2)15(18)16-17-24(19,20)14-5-4-10-23-14/h4-11,17H,3H2,1-2H3,(H,16,18)/t11-/m0/s1. The van der Waals surface area contributed by atoms with Gasteiger partial charge in [0.25, 0.3) is 15.9 Å². The highest BCUT2D eigenvalue weighted by atomic mass is 32.2. The number of nitrogens with one attached hydrogen (secondary N) is 2. The zero-order valence-electron chi connectivity index (χ0n) is 13.2. The van der Waals surface area contributed by atoms with Gasteiger partial charge in [0.1, 0.15) is 15.7 Å². The second-order valence-electron chi connectivity index (χ2n) is 4.69. The minimum Gasteiger partial charge on any atom is -0.494 e. The van der Waals surface area contributed by atoms with Crippen LogP contribution >= 0.6 is 11.3 Å². The highest BCUT2D eigenvalue weighted by Gasteiger charge is 2.19. The molecule has 24 heavy (non-hydrogen) atoms. The van der Waals surface area contributed by atoms with Crippen LogP contribution in [-0.4, -0.2) is 27.0 Å².